The van der Waals surface area contributed by atoms with Crippen LogP contribution in [0.2, 0.25) is 5.02 Å². The van der Waals surface area contributed by atoms with E-state index in [2.05, 4.69) is 15.5 Å². The summed E-state index contributed by atoms with van der Waals surface area (Å²) >= 11 is 5.97. The summed E-state index contributed by atoms with van der Waals surface area (Å²) in [5.41, 5.74) is 0.388. The van der Waals surface area contributed by atoms with Gasteiger partial charge in [-0.1, -0.05) is 22.8 Å². The van der Waals surface area contributed by atoms with Crippen molar-refractivity contribution in [3.05, 3.63) is 46.3 Å². The van der Waals surface area contributed by atoms with E-state index in [-0.39, 0.29) is 18.3 Å². The van der Waals surface area contributed by atoms with Crippen molar-refractivity contribution in [2.45, 2.75) is 25.3 Å². The Morgan fingerprint density at radius 3 is 3.11 bits per heavy atom. The smallest absolute Gasteiger partial charge is 0.231 e. The molecule has 0 bridgehead atoms. The number of halogens is 2. The minimum absolute atomic E-state index is 0.147. The average molecular weight is 282 g/mol. The summed E-state index contributed by atoms with van der Waals surface area (Å²) in [6, 6.07) is 4.74. The Labute approximate surface area is 115 Å². The first kappa shape index (κ1) is 12.6. The van der Waals surface area contributed by atoms with E-state index in [1.807, 2.05) is 0 Å². The van der Waals surface area contributed by atoms with Gasteiger partial charge in [-0.25, -0.2) is 4.39 Å². The fourth-order valence-corrected chi connectivity index (χ4v) is 2.47. The van der Waals surface area contributed by atoms with Gasteiger partial charge >= 0.3 is 0 Å². The molecule has 0 spiro atoms. The minimum Gasteiger partial charge on any atom is -0.339 e. The SMILES string of the molecule is Fc1cccc(Cl)c1Cc1nc(C2CCCN2)no1. The Kier molecular flexibility index (Phi) is 3.48. The molecule has 0 saturated carbocycles. The van der Waals surface area contributed by atoms with Crippen molar-refractivity contribution in [2.75, 3.05) is 6.54 Å². The van der Waals surface area contributed by atoms with Crippen molar-refractivity contribution < 1.29 is 8.91 Å². The average Bonchev–Trinajstić information content (AvgIpc) is 3.04. The van der Waals surface area contributed by atoms with E-state index in [1.165, 1.54) is 6.07 Å². The van der Waals surface area contributed by atoms with Gasteiger partial charge in [0.2, 0.25) is 5.89 Å². The number of aromatic nitrogens is 2. The Bertz CT molecular complexity index is 561. The molecule has 0 aliphatic carbocycles. The largest absolute Gasteiger partial charge is 0.339 e. The first-order chi connectivity index (χ1) is 9.24. The van der Waals surface area contributed by atoms with Crippen molar-refractivity contribution in [2.24, 2.45) is 0 Å². The van der Waals surface area contributed by atoms with E-state index in [9.17, 15) is 4.39 Å². The number of nitrogens with zero attached hydrogens (tertiary/aromatic N) is 2. The second-order valence-electron chi connectivity index (χ2n) is 4.57. The predicted octanol–water partition coefficient (Wildman–Crippen LogP) is 2.88. The summed E-state index contributed by atoms with van der Waals surface area (Å²) in [5.74, 6) is 0.668. The van der Waals surface area contributed by atoms with Crippen LogP contribution in [-0.4, -0.2) is 16.7 Å². The molecule has 1 N–H and O–H groups in total. The van der Waals surface area contributed by atoms with Crippen LogP contribution >= 0.6 is 11.6 Å². The maximum Gasteiger partial charge on any atom is 0.231 e. The quantitative estimate of drug-likeness (QED) is 0.940. The molecule has 0 radical (unpaired) electrons. The van der Waals surface area contributed by atoms with Gasteiger partial charge in [0.25, 0.3) is 0 Å². The van der Waals surface area contributed by atoms with Gasteiger partial charge in [0.05, 0.1) is 12.5 Å². The Morgan fingerprint density at radius 1 is 1.47 bits per heavy atom. The highest BCUT2D eigenvalue weighted by molar-refractivity contribution is 6.31. The Balaban J connectivity index is 1.80. The van der Waals surface area contributed by atoms with Crippen molar-refractivity contribution in [1.82, 2.24) is 15.5 Å². The molecule has 1 atom stereocenters. The third-order valence-electron chi connectivity index (χ3n) is 3.25. The van der Waals surface area contributed by atoms with Crippen LogP contribution in [0.25, 0.3) is 0 Å². The highest BCUT2D eigenvalue weighted by atomic mass is 35.5. The van der Waals surface area contributed by atoms with Crippen LogP contribution in [0.1, 0.15) is 36.2 Å². The molecule has 0 amide bonds. The maximum atomic E-state index is 13.7. The molecule has 1 aromatic heterocycles. The molecule has 1 aliphatic heterocycles. The van der Waals surface area contributed by atoms with Crippen LogP contribution in [0.4, 0.5) is 4.39 Å². The normalized spacial score (nSPS) is 18.9. The third kappa shape index (κ3) is 2.62. The van der Waals surface area contributed by atoms with E-state index < -0.39 is 0 Å². The molecule has 1 fully saturated rings. The molecule has 19 heavy (non-hydrogen) atoms. The second-order valence-corrected chi connectivity index (χ2v) is 4.98. The van der Waals surface area contributed by atoms with Gasteiger partial charge in [-0.15, -0.1) is 0 Å². The van der Waals surface area contributed by atoms with Gasteiger partial charge in [0.1, 0.15) is 5.82 Å². The lowest BCUT2D eigenvalue weighted by Gasteiger charge is -2.03. The Morgan fingerprint density at radius 2 is 2.37 bits per heavy atom. The zero-order valence-electron chi connectivity index (χ0n) is 10.2. The summed E-state index contributed by atoms with van der Waals surface area (Å²) < 4.78 is 18.8. The van der Waals surface area contributed by atoms with Crippen LogP contribution in [0.15, 0.2) is 22.7 Å². The monoisotopic (exact) mass is 281 g/mol. The summed E-state index contributed by atoms with van der Waals surface area (Å²) in [6.45, 7) is 0.966. The first-order valence-electron chi connectivity index (χ1n) is 6.23. The highest BCUT2D eigenvalue weighted by Gasteiger charge is 2.22. The third-order valence-corrected chi connectivity index (χ3v) is 3.60. The molecule has 1 saturated heterocycles. The molecular weight excluding hydrogens is 269 g/mol. The molecule has 100 valence electrons. The van der Waals surface area contributed by atoms with Crippen molar-refractivity contribution in [1.29, 1.82) is 0 Å². The molecular formula is C13H13ClFN3O. The van der Waals surface area contributed by atoms with Gasteiger partial charge < -0.3 is 9.84 Å². The van der Waals surface area contributed by atoms with Gasteiger partial charge in [0, 0.05) is 10.6 Å². The van der Waals surface area contributed by atoms with Gasteiger partial charge in [-0.3, -0.25) is 0 Å². The molecule has 1 aliphatic rings. The fraction of sp³-hybridized carbons (Fsp3) is 0.385. The summed E-state index contributed by atoms with van der Waals surface area (Å²) in [5, 5.41) is 7.60. The van der Waals surface area contributed by atoms with Gasteiger partial charge in [0.15, 0.2) is 5.82 Å². The molecule has 6 heteroatoms. The van der Waals surface area contributed by atoms with Crippen molar-refractivity contribution >= 4 is 11.6 Å². The number of nitrogens with one attached hydrogen (secondary N) is 1. The van der Waals surface area contributed by atoms with E-state index in [0.717, 1.165) is 19.4 Å². The van der Waals surface area contributed by atoms with E-state index in [0.29, 0.717) is 22.3 Å². The zero-order valence-corrected chi connectivity index (χ0v) is 11.0. The van der Waals surface area contributed by atoms with Crippen molar-refractivity contribution in [3.8, 4) is 0 Å². The second kappa shape index (κ2) is 5.27. The molecule has 1 unspecified atom stereocenters. The highest BCUT2D eigenvalue weighted by Crippen LogP contribution is 2.24. The summed E-state index contributed by atoms with van der Waals surface area (Å²) in [6.07, 6.45) is 2.32. The number of hydrogen-bond donors (Lipinski definition) is 1. The van der Waals surface area contributed by atoms with Crippen LogP contribution in [0.5, 0.6) is 0 Å². The van der Waals surface area contributed by atoms with Crippen LogP contribution in [0, 0.1) is 5.82 Å². The number of rotatable bonds is 3. The van der Waals surface area contributed by atoms with E-state index >= 15 is 0 Å². The fourth-order valence-electron chi connectivity index (χ4n) is 2.24. The topological polar surface area (TPSA) is 51.0 Å². The maximum absolute atomic E-state index is 13.7. The molecule has 4 nitrogen and oxygen atoms in total. The van der Waals surface area contributed by atoms with E-state index in [4.69, 9.17) is 16.1 Å². The minimum atomic E-state index is -0.355. The predicted molar refractivity (Wildman–Crippen MR) is 68.5 cm³/mol. The molecule has 3 rings (SSSR count). The van der Waals surface area contributed by atoms with E-state index in [1.54, 1.807) is 12.1 Å². The lowest BCUT2D eigenvalue weighted by molar-refractivity contribution is 0.372. The lowest BCUT2D eigenvalue weighted by atomic mass is 10.1. The molecule has 2 heterocycles. The molecule has 2 aromatic rings. The zero-order chi connectivity index (χ0) is 13.2. The number of hydrogen-bond acceptors (Lipinski definition) is 4. The van der Waals surface area contributed by atoms with Gasteiger partial charge in [-0.2, -0.15) is 4.98 Å². The van der Waals surface area contributed by atoms with Crippen LogP contribution in [0.3, 0.4) is 0 Å². The molecule has 1 aromatic carbocycles. The first-order valence-corrected chi connectivity index (χ1v) is 6.60. The van der Waals surface area contributed by atoms with Crippen LogP contribution < -0.4 is 5.32 Å². The summed E-state index contributed by atoms with van der Waals surface area (Å²) in [4.78, 5) is 4.30. The van der Waals surface area contributed by atoms with Crippen LogP contribution in [-0.2, 0) is 6.42 Å². The standard InChI is InChI=1S/C13H13ClFN3O/c14-9-3-1-4-10(15)8(9)7-12-17-13(18-19-12)11-5-2-6-16-11/h1,3-4,11,16H,2,5-7H2. The summed E-state index contributed by atoms with van der Waals surface area (Å²) in [7, 11) is 0. The van der Waals surface area contributed by atoms with Crippen molar-refractivity contribution in [3.63, 3.8) is 0 Å². The lowest BCUT2D eigenvalue weighted by Crippen LogP contribution is -2.14. The Hall–Kier alpha value is -1.46. The number of benzene rings is 1. The van der Waals surface area contributed by atoms with Gasteiger partial charge in [-0.05, 0) is 31.5 Å².